The Bertz CT molecular complexity index is 524. The van der Waals surface area contributed by atoms with Crippen LogP contribution in [0.4, 0.5) is 4.39 Å². The second-order valence-electron chi connectivity index (χ2n) is 6.19. The van der Waals surface area contributed by atoms with Crippen LogP contribution in [0.5, 0.6) is 0 Å². The first-order chi connectivity index (χ1) is 11.1. The molecule has 1 N–H and O–H groups in total. The SMILES string of the molecule is CC(=O)N(CCNC(=O)C1CCCCC1)Cc1ccc(F)cc1. The molecule has 1 aromatic rings. The van der Waals surface area contributed by atoms with Crippen molar-refractivity contribution < 1.29 is 14.0 Å². The Kier molecular flexibility index (Phi) is 6.56. The number of carbonyl (C=O) groups is 2. The maximum absolute atomic E-state index is 12.9. The number of benzene rings is 1. The topological polar surface area (TPSA) is 49.4 Å². The molecule has 126 valence electrons. The Balaban J connectivity index is 1.79. The molecule has 1 aromatic carbocycles. The van der Waals surface area contributed by atoms with Crippen LogP contribution in [0.15, 0.2) is 24.3 Å². The van der Waals surface area contributed by atoms with Crippen LogP contribution in [-0.2, 0) is 16.1 Å². The summed E-state index contributed by atoms with van der Waals surface area (Å²) in [7, 11) is 0. The standard InChI is InChI=1S/C18H25FN2O2/c1-14(22)21(13-15-7-9-17(19)10-8-15)12-11-20-18(23)16-5-3-2-4-6-16/h7-10,16H,2-6,11-13H2,1H3,(H,20,23). The van der Waals surface area contributed by atoms with Crippen LogP contribution in [0.3, 0.4) is 0 Å². The van der Waals surface area contributed by atoms with E-state index in [0.717, 1.165) is 31.2 Å². The Labute approximate surface area is 137 Å². The molecular weight excluding hydrogens is 295 g/mol. The van der Waals surface area contributed by atoms with Crippen molar-refractivity contribution in [3.63, 3.8) is 0 Å². The van der Waals surface area contributed by atoms with E-state index in [0.29, 0.717) is 19.6 Å². The molecule has 0 unspecified atom stereocenters. The van der Waals surface area contributed by atoms with E-state index in [4.69, 9.17) is 0 Å². The monoisotopic (exact) mass is 320 g/mol. The molecule has 1 saturated carbocycles. The fourth-order valence-corrected chi connectivity index (χ4v) is 2.98. The zero-order valence-corrected chi connectivity index (χ0v) is 13.7. The van der Waals surface area contributed by atoms with Crippen molar-refractivity contribution in [2.75, 3.05) is 13.1 Å². The van der Waals surface area contributed by atoms with Crippen molar-refractivity contribution in [1.29, 1.82) is 0 Å². The van der Waals surface area contributed by atoms with Crippen LogP contribution in [0.25, 0.3) is 0 Å². The maximum atomic E-state index is 12.9. The van der Waals surface area contributed by atoms with Gasteiger partial charge in [0.05, 0.1) is 0 Å². The number of rotatable bonds is 6. The van der Waals surface area contributed by atoms with Crippen molar-refractivity contribution >= 4 is 11.8 Å². The average molecular weight is 320 g/mol. The van der Waals surface area contributed by atoms with E-state index in [-0.39, 0.29) is 23.5 Å². The molecule has 2 rings (SSSR count). The molecule has 1 aliphatic carbocycles. The molecule has 0 aromatic heterocycles. The molecule has 23 heavy (non-hydrogen) atoms. The molecule has 0 radical (unpaired) electrons. The van der Waals surface area contributed by atoms with Gasteiger partial charge in [-0.05, 0) is 30.5 Å². The quantitative estimate of drug-likeness (QED) is 0.876. The lowest BCUT2D eigenvalue weighted by Gasteiger charge is -2.24. The van der Waals surface area contributed by atoms with Crippen LogP contribution < -0.4 is 5.32 Å². The minimum absolute atomic E-state index is 0.0544. The molecule has 0 saturated heterocycles. The van der Waals surface area contributed by atoms with Gasteiger partial charge in [-0.2, -0.15) is 0 Å². The molecule has 1 aliphatic rings. The van der Waals surface area contributed by atoms with Gasteiger partial charge in [0.15, 0.2) is 0 Å². The normalized spacial score (nSPS) is 15.2. The fraction of sp³-hybridized carbons (Fsp3) is 0.556. The second kappa shape index (κ2) is 8.65. The van der Waals surface area contributed by atoms with Gasteiger partial charge in [0.2, 0.25) is 11.8 Å². The Hall–Kier alpha value is -1.91. The van der Waals surface area contributed by atoms with Gasteiger partial charge in [-0.15, -0.1) is 0 Å². The third-order valence-electron chi connectivity index (χ3n) is 4.39. The summed E-state index contributed by atoms with van der Waals surface area (Å²) >= 11 is 0. The number of hydrogen-bond acceptors (Lipinski definition) is 2. The predicted octanol–water partition coefficient (Wildman–Crippen LogP) is 2.87. The highest BCUT2D eigenvalue weighted by atomic mass is 19.1. The lowest BCUT2D eigenvalue weighted by Crippen LogP contribution is -2.39. The largest absolute Gasteiger partial charge is 0.354 e. The molecule has 4 nitrogen and oxygen atoms in total. The van der Waals surface area contributed by atoms with Crippen molar-refractivity contribution in [3.8, 4) is 0 Å². The van der Waals surface area contributed by atoms with Crippen molar-refractivity contribution in [2.24, 2.45) is 5.92 Å². The van der Waals surface area contributed by atoms with E-state index in [1.165, 1.54) is 25.5 Å². The summed E-state index contributed by atoms with van der Waals surface area (Å²) in [5.74, 6) is -0.106. The van der Waals surface area contributed by atoms with Crippen molar-refractivity contribution in [2.45, 2.75) is 45.6 Å². The maximum Gasteiger partial charge on any atom is 0.223 e. The first kappa shape index (κ1) is 17.4. The van der Waals surface area contributed by atoms with E-state index in [9.17, 15) is 14.0 Å². The highest BCUT2D eigenvalue weighted by molar-refractivity contribution is 5.78. The van der Waals surface area contributed by atoms with Gasteiger partial charge in [0.1, 0.15) is 5.82 Å². The first-order valence-corrected chi connectivity index (χ1v) is 8.34. The summed E-state index contributed by atoms with van der Waals surface area (Å²) in [4.78, 5) is 25.5. The van der Waals surface area contributed by atoms with Gasteiger partial charge in [-0.3, -0.25) is 9.59 Å². The first-order valence-electron chi connectivity index (χ1n) is 8.34. The van der Waals surface area contributed by atoms with E-state index in [2.05, 4.69) is 5.32 Å². The lowest BCUT2D eigenvalue weighted by atomic mass is 9.89. The summed E-state index contributed by atoms with van der Waals surface area (Å²) < 4.78 is 12.9. The molecule has 0 spiro atoms. The van der Waals surface area contributed by atoms with Crippen LogP contribution in [0.1, 0.15) is 44.6 Å². The summed E-state index contributed by atoms with van der Waals surface area (Å²) in [6, 6.07) is 6.12. The molecule has 0 heterocycles. The number of halogens is 1. The summed E-state index contributed by atoms with van der Waals surface area (Å²) in [5, 5.41) is 2.94. The van der Waals surface area contributed by atoms with Crippen LogP contribution in [0, 0.1) is 11.7 Å². The number of nitrogens with one attached hydrogen (secondary N) is 1. The molecule has 0 bridgehead atoms. The van der Waals surface area contributed by atoms with Gasteiger partial charge in [-0.1, -0.05) is 31.4 Å². The third-order valence-corrected chi connectivity index (χ3v) is 4.39. The molecule has 2 amide bonds. The van der Waals surface area contributed by atoms with Crippen LogP contribution in [-0.4, -0.2) is 29.8 Å². The smallest absolute Gasteiger partial charge is 0.223 e. The molecule has 0 atom stereocenters. The average Bonchev–Trinajstić information content (AvgIpc) is 2.56. The predicted molar refractivity (Wildman–Crippen MR) is 87.1 cm³/mol. The van der Waals surface area contributed by atoms with Crippen LogP contribution in [0.2, 0.25) is 0 Å². The molecule has 5 heteroatoms. The Morgan fingerprint density at radius 2 is 1.83 bits per heavy atom. The molecule has 1 fully saturated rings. The summed E-state index contributed by atoms with van der Waals surface area (Å²) in [6.07, 6.45) is 5.42. The number of amides is 2. The highest BCUT2D eigenvalue weighted by Crippen LogP contribution is 2.23. The van der Waals surface area contributed by atoms with Crippen molar-refractivity contribution in [3.05, 3.63) is 35.6 Å². The zero-order chi connectivity index (χ0) is 16.7. The van der Waals surface area contributed by atoms with Gasteiger partial charge < -0.3 is 10.2 Å². The third kappa shape index (κ3) is 5.66. The number of nitrogens with zero attached hydrogens (tertiary/aromatic N) is 1. The van der Waals surface area contributed by atoms with Gasteiger partial charge in [0.25, 0.3) is 0 Å². The van der Waals surface area contributed by atoms with E-state index >= 15 is 0 Å². The van der Waals surface area contributed by atoms with Gasteiger partial charge in [0, 0.05) is 32.5 Å². The molecule has 0 aliphatic heterocycles. The minimum Gasteiger partial charge on any atom is -0.354 e. The summed E-state index contributed by atoms with van der Waals surface area (Å²) in [5.41, 5.74) is 0.875. The molecular formula is C18H25FN2O2. The van der Waals surface area contributed by atoms with Crippen LogP contribution >= 0.6 is 0 Å². The lowest BCUT2D eigenvalue weighted by molar-refractivity contribution is -0.130. The fourth-order valence-electron chi connectivity index (χ4n) is 2.98. The number of carbonyl (C=O) groups excluding carboxylic acids is 2. The Morgan fingerprint density at radius 1 is 1.17 bits per heavy atom. The number of hydrogen-bond donors (Lipinski definition) is 1. The van der Waals surface area contributed by atoms with Crippen molar-refractivity contribution in [1.82, 2.24) is 10.2 Å². The van der Waals surface area contributed by atoms with Gasteiger partial charge in [-0.25, -0.2) is 4.39 Å². The minimum atomic E-state index is -0.289. The Morgan fingerprint density at radius 3 is 2.43 bits per heavy atom. The summed E-state index contributed by atoms with van der Waals surface area (Å²) in [6.45, 7) is 2.85. The van der Waals surface area contributed by atoms with Gasteiger partial charge >= 0.3 is 0 Å². The van der Waals surface area contributed by atoms with E-state index in [1.807, 2.05) is 0 Å². The highest BCUT2D eigenvalue weighted by Gasteiger charge is 2.20. The second-order valence-corrected chi connectivity index (χ2v) is 6.19. The zero-order valence-electron chi connectivity index (χ0n) is 13.7. The van der Waals surface area contributed by atoms with E-state index in [1.54, 1.807) is 17.0 Å². The van der Waals surface area contributed by atoms with E-state index < -0.39 is 0 Å².